The number of anilines is 1. The van der Waals surface area contributed by atoms with E-state index in [9.17, 15) is 22.8 Å². The Balaban J connectivity index is 1.89. The molecule has 2 rings (SSSR count). The molecule has 0 aromatic heterocycles. The van der Waals surface area contributed by atoms with Crippen LogP contribution in [0.15, 0.2) is 24.3 Å². The number of benzene rings is 1. The van der Waals surface area contributed by atoms with E-state index in [1.807, 2.05) is 6.92 Å². The Bertz CT molecular complexity index is 604. The highest BCUT2D eigenvalue weighted by molar-refractivity contribution is 6.39. The van der Waals surface area contributed by atoms with E-state index in [0.29, 0.717) is 6.54 Å². The van der Waals surface area contributed by atoms with Gasteiger partial charge in [0.1, 0.15) is 0 Å². The molecule has 1 aliphatic rings. The van der Waals surface area contributed by atoms with Gasteiger partial charge < -0.3 is 10.6 Å². The summed E-state index contributed by atoms with van der Waals surface area (Å²) in [5, 5.41) is 4.73. The second-order valence-corrected chi connectivity index (χ2v) is 5.67. The number of carbonyl (C=O) groups is 2. The van der Waals surface area contributed by atoms with Crippen molar-refractivity contribution in [3.05, 3.63) is 29.8 Å². The molecule has 1 aromatic carbocycles. The molecule has 2 amide bonds. The molecule has 0 saturated carbocycles. The minimum atomic E-state index is -4.50. The average Bonchev–Trinajstić information content (AvgIpc) is 2.99. The van der Waals surface area contributed by atoms with Crippen LogP contribution < -0.4 is 10.6 Å². The molecule has 0 spiro atoms. The Kier molecular flexibility index (Phi) is 5.82. The van der Waals surface area contributed by atoms with E-state index in [1.54, 1.807) is 0 Å². The van der Waals surface area contributed by atoms with Crippen LogP contribution >= 0.6 is 0 Å². The lowest BCUT2D eigenvalue weighted by atomic mass is 10.2. The van der Waals surface area contributed by atoms with Crippen molar-refractivity contribution >= 4 is 17.5 Å². The van der Waals surface area contributed by atoms with Gasteiger partial charge in [-0.3, -0.25) is 14.5 Å². The van der Waals surface area contributed by atoms with Crippen molar-refractivity contribution in [1.82, 2.24) is 10.2 Å². The maximum atomic E-state index is 12.6. The number of rotatable bonds is 4. The van der Waals surface area contributed by atoms with Gasteiger partial charge in [0, 0.05) is 18.3 Å². The van der Waals surface area contributed by atoms with Gasteiger partial charge in [-0.05, 0) is 44.1 Å². The second kappa shape index (κ2) is 7.65. The van der Waals surface area contributed by atoms with Crippen LogP contribution in [-0.2, 0) is 15.8 Å². The van der Waals surface area contributed by atoms with Gasteiger partial charge in [0.05, 0.1) is 5.56 Å². The normalized spacial score (nSPS) is 18.4. The molecule has 1 saturated heterocycles. The Labute approximate surface area is 138 Å². The quantitative estimate of drug-likeness (QED) is 0.825. The van der Waals surface area contributed by atoms with E-state index in [-0.39, 0.29) is 11.7 Å². The summed E-state index contributed by atoms with van der Waals surface area (Å²) >= 11 is 0. The maximum absolute atomic E-state index is 12.6. The van der Waals surface area contributed by atoms with Crippen LogP contribution in [0.25, 0.3) is 0 Å². The molecule has 0 aliphatic carbocycles. The summed E-state index contributed by atoms with van der Waals surface area (Å²) in [4.78, 5) is 25.8. The van der Waals surface area contributed by atoms with Gasteiger partial charge in [-0.2, -0.15) is 13.2 Å². The molecule has 0 radical (unpaired) electrons. The molecule has 0 bridgehead atoms. The first kappa shape index (κ1) is 18.3. The topological polar surface area (TPSA) is 61.4 Å². The average molecular weight is 343 g/mol. The summed E-state index contributed by atoms with van der Waals surface area (Å²) < 4.78 is 37.9. The number of hydrogen-bond donors (Lipinski definition) is 2. The highest BCUT2D eigenvalue weighted by Gasteiger charge is 2.30. The third kappa shape index (κ3) is 4.70. The van der Waals surface area contributed by atoms with Crippen molar-refractivity contribution < 1.29 is 22.8 Å². The van der Waals surface area contributed by atoms with Crippen molar-refractivity contribution in [1.29, 1.82) is 0 Å². The van der Waals surface area contributed by atoms with Gasteiger partial charge in [-0.1, -0.05) is 13.0 Å². The molecule has 2 N–H and O–H groups in total. The van der Waals surface area contributed by atoms with Crippen molar-refractivity contribution in [3.8, 4) is 0 Å². The summed E-state index contributed by atoms with van der Waals surface area (Å²) in [6.45, 7) is 4.22. The fourth-order valence-electron chi connectivity index (χ4n) is 2.79. The van der Waals surface area contributed by atoms with Crippen molar-refractivity contribution in [2.45, 2.75) is 32.0 Å². The zero-order valence-corrected chi connectivity index (χ0v) is 13.3. The van der Waals surface area contributed by atoms with Crippen LogP contribution in [0, 0.1) is 0 Å². The summed E-state index contributed by atoms with van der Waals surface area (Å²) in [6, 6.07) is 4.36. The molecule has 5 nitrogen and oxygen atoms in total. The molecule has 1 heterocycles. The summed E-state index contributed by atoms with van der Waals surface area (Å²) in [6.07, 6.45) is -2.51. The van der Waals surface area contributed by atoms with Crippen molar-refractivity contribution in [2.24, 2.45) is 0 Å². The molecule has 0 unspecified atom stereocenters. The van der Waals surface area contributed by atoms with E-state index in [4.69, 9.17) is 0 Å². The van der Waals surface area contributed by atoms with Crippen LogP contribution in [-0.4, -0.2) is 42.4 Å². The number of nitrogens with one attached hydrogen (secondary N) is 2. The van der Waals surface area contributed by atoms with Gasteiger partial charge >= 0.3 is 18.0 Å². The van der Waals surface area contributed by atoms with E-state index in [2.05, 4.69) is 15.5 Å². The Morgan fingerprint density at radius 2 is 2.04 bits per heavy atom. The minimum absolute atomic E-state index is 0.0685. The number of alkyl halides is 3. The Morgan fingerprint density at radius 3 is 2.71 bits per heavy atom. The molecule has 24 heavy (non-hydrogen) atoms. The number of carbonyl (C=O) groups excluding carboxylic acids is 2. The van der Waals surface area contributed by atoms with E-state index >= 15 is 0 Å². The lowest BCUT2D eigenvalue weighted by molar-refractivity contribution is -0.137. The molecule has 1 aromatic rings. The van der Waals surface area contributed by atoms with Gasteiger partial charge in [0.25, 0.3) is 0 Å². The van der Waals surface area contributed by atoms with E-state index in [1.165, 1.54) is 12.1 Å². The summed E-state index contributed by atoms with van der Waals surface area (Å²) in [5.74, 6) is -1.83. The zero-order valence-electron chi connectivity index (χ0n) is 13.3. The summed E-state index contributed by atoms with van der Waals surface area (Å²) in [7, 11) is 0. The number of amides is 2. The van der Waals surface area contributed by atoms with Crippen molar-refractivity contribution in [3.63, 3.8) is 0 Å². The minimum Gasteiger partial charge on any atom is -0.346 e. The maximum Gasteiger partial charge on any atom is 0.416 e. The molecule has 1 fully saturated rings. The van der Waals surface area contributed by atoms with Crippen LogP contribution in [0.2, 0.25) is 0 Å². The molecule has 8 heteroatoms. The van der Waals surface area contributed by atoms with Crippen LogP contribution in [0.4, 0.5) is 18.9 Å². The summed E-state index contributed by atoms with van der Waals surface area (Å²) in [5.41, 5.74) is -0.953. The third-order valence-electron chi connectivity index (χ3n) is 4.06. The largest absolute Gasteiger partial charge is 0.416 e. The third-order valence-corrected chi connectivity index (χ3v) is 4.06. The standard InChI is InChI=1S/C16H20F3N3O2/c1-2-22-8-4-7-13(22)10-20-14(23)15(24)21-12-6-3-5-11(9-12)16(17,18)19/h3,5-6,9,13H,2,4,7-8,10H2,1H3,(H,20,23)(H,21,24)/t13-/m1/s1. The first-order valence-electron chi connectivity index (χ1n) is 7.81. The highest BCUT2D eigenvalue weighted by atomic mass is 19.4. The number of halogens is 3. The molecule has 132 valence electrons. The number of nitrogens with zero attached hydrogens (tertiary/aromatic N) is 1. The molecule has 1 aliphatic heterocycles. The van der Waals surface area contributed by atoms with Gasteiger partial charge in [0.2, 0.25) is 0 Å². The highest BCUT2D eigenvalue weighted by Crippen LogP contribution is 2.30. The molecule has 1 atom stereocenters. The van der Waals surface area contributed by atoms with Gasteiger partial charge in [-0.25, -0.2) is 0 Å². The number of hydrogen-bond acceptors (Lipinski definition) is 3. The molecular weight excluding hydrogens is 323 g/mol. The predicted molar refractivity (Wildman–Crippen MR) is 83.4 cm³/mol. The lowest BCUT2D eigenvalue weighted by Gasteiger charge is -2.22. The van der Waals surface area contributed by atoms with E-state index < -0.39 is 23.6 Å². The Hall–Kier alpha value is -2.09. The van der Waals surface area contributed by atoms with Crippen LogP contribution in [0.5, 0.6) is 0 Å². The van der Waals surface area contributed by atoms with Crippen molar-refractivity contribution in [2.75, 3.05) is 25.0 Å². The van der Waals surface area contributed by atoms with Gasteiger partial charge in [0.15, 0.2) is 0 Å². The van der Waals surface area contributed by atoms with E-state index in [0.717, 1.165) is 38.1 Å². The lowest BCUT2D eigenvalue weighted by Crippen LogP contribution is -2.43. The Morgan fingerprint density at radius 1 is 1.29 bits per heavy atom. The fraction of sp³-hybridized carbons (Fsp3) is 0.500. The monoisotopic (exact) mass is 343 g/mol. The van der Waals surface area contributed by atoms with Gasteiger partial charge in [-0.15, -0.1) is 0 Å². The second-order valence-electron chi connectivity index (χ2n) is 5.67. The first-order valence-corrected chi connectivity index (χ1v) is 7.81. The smallest absolute Gasteiger partial charge is 0.346 e. The first-order chi connectivity index (χ1) is 11.3. The van der Waals surface area contributed by atoms with Crippen LogP contribution in [0.3, 0.4) is 0 Å². The fourth-order valence-corrected chi connectivity index (χ4v) is 2.79. The SMILES string of the molecule is CCN1CCC[C@@H]1CNC(=O)C(=O)Nc1cccc(C(F)(F)F)c1. The predicted octanol–water partition coefficient (Wildman–Crippen LogP) is 2.24. The zero-order chi connectivity index (χ0) is 17.7. The number of likely N-dealkylation sites (tertiary alicyclic amines) is 1. The number of likely N-dealkylation sites (N-methyl/N-ethyl adjacent to an activating group) is 1. The van der Waals surface area contributed by atoms with Crippen LogP contribution in [0.1, 0.15) is 25.3 Å². The molecular formula is C16H20F3N3O2.